The van der Waals surface area contributed by atoms with Crippen LogP contribution in [0.5, 0.6) is 0 Å². The summed E-state index contributed by atoms with van der Waals surface area (Å²) in [6.07, 6.45) is 8.32. The van der Waals surface area contributed by atoms with E-state index in [-0.39, 0.29) is 0 Å². The second-order valence-corrected chi connectivity index (χ2v) is 5.01. The number of allylic oxidation sites excluding steroid dienone is 1. The minimum absolute atomic E-state index is 0.332. The molecule has 0 aromatic heterocycles. The highest BCUT2D eigenvalue weighted by Gasteiger charge is 2.24. The van der Waals surface area contributed by atoms with E-state index >= 15 is 0 Å². The first-order chi connectivity index (χ1) is 7.70. The quantitative estimate of drug-likeness (QED) is 0.601. The highest BCUT2D eigenvalue weighted by atomic mass is 16.5. The van der Waals surface area contributed by atoms with Crippen LogP contribution in [0.25, 0.3) is 0 Å². The third-order valence-electron chi connectivity index (χ3n) is 3.30. The van der Waals surface area contributed by atoms with E-state index in [1.807, 2.05) is 6.08 Å². The molecule has 1 heterocycles. The molecule has 1 atom stereocenters. The summed E-state index contributed by atoms with van der Waals surface area (Å²) in [5.41, 5.74) is 3.16. The van der Waals surface area contributed by atoms with Gasteiger partial charge in [-0.05, 0) is 37.2 Å². The SMILES string of the molecule is C=CCC1=C(CCCC)CCOC1C(C)C. The van der Waals surface area contributed by atoms with E-state index in [1.165, 1.54) is 24.8 Å². The molecule has 1 nitrogen and oxygen atoms in total. The summed E-state index contributed by atoms with van der Waals surface area (Å²) in [4.78, 5) is 0. The second kappa shape index (κ2) is 6.90. The number of rotatable bonds is 6. The Morgan fingerprint density at radius 3 is 2.81 bits per heavy atom. The Bertz CT molecular complexity index is 250. The van der Waals surface area contributed by atoms with E-state index in [1.54, 1.807) is 5.57 Å². The van der Waals surface area contributed by atoms with Crippen LogP contribution < -0.4 is 0 Å². The molecule has 1 aliphatic rings. The van der Waals surface area contributed by atoms with Crippen LogP contribution in [0.3, 0.4) is 0 Å². The average molecular weight is 222 g/mol. The van der Waals surface area contributed by atoms with Gasteiger partial charge in [0.1, 0.15) is 0 Å². The molecule has 0 saturated carbocycles. The third-order valence-corrected chi connectivity index (χ3v) is 3.30. The van der Waals surface area contributed by atoms with E-state index < -0.39 is 0 Å². The molecule has 0 saturated heterocycles. The fraction of sp³-hybridized carbons (Fsp3) is 0.733. The van der Waals surface area contributed by atoms with Gasteiger partial charge in [-0.3, -0.25) is 0 Å². The summed E-state index contributed by atoms with van der Waals surface area (Å²) in [6.45, 7) is 11.5. The molecule has 92 valence electrons. The molecule has 1 rings (SSSR count). The molecule has 0 aromatic rings. The van der Waals surface area contributed by atoms with Crippen molar-refractivity contribution in [2.75, 3.05) is 6.61 Å². The fourth-order valence-corrected chi connectivity index (χ4v) is 2.46. The lowest BCUT2D eigenvalue weighted by Crippen LogP contribution is -2.28. The van der Waals surface area contributed by atoms with Gasteiger partial charge >= 0.3 is 0 Å². The van der Waals surface area contributed by atoms with Crippen molar-refractivity contribution in [3.8, 4) is 0 Å². The minimum atomic E-state index is 0.332. The molecule has 0 aliphatic carbocycles. The summed E-state index contributed by atoms with van der Waals surface area (Å²) in [7, 11) is 0. The molecule has 0 spiro atoms. The zero-order valence-corrected chi connectivity index (χ0v) is 11.1. The maximum absolute atomic E-state index is 5.91. The van der Waals surface area contributed by atoms with Crippen LogP contribution in [0.4, 0.5) is 0 Å². The van der Waals surface area contributed by atoms with Gasteiger partial charge in [0.05, 0.1) is 12.7 Å². The predicted molar refractivity (Wildman–Crippen MR) is 70.6 cm³/mol. The van der Waals surface area contributed by atoms with E-state index in [9.17, 15) is 0 Å². The Morgan fingerprint density at radius 2 is 2.25 bits per heavy atom. The number of hydrogen-bond acceptors (Lipinski definition) is 1. The van der Waals surface area contributed by atoms with Crippen molar-refractivity contribution < 1.29 is 4.74 Å². The van der Waals surface area contributed by atoms with Crippen LogP contribution in [0, 0.1) is 5.92 Å². The Kier molecular flexibility index (Phi) is 5.83. The molecule has 0 bridgehead atoms. The number of unbranched alkanes of at least 4 members (excludes halogenated alkanes) is 1. The van der Waals surface area contributed by atoms with Crippen molar-refractivity contribution >= 4 is 0 Å². The van der Waals surface area contributed by atoms with Crippen molar-refractivity contribution in [2.45, 2.75) is 59.0 Å². The van der Waals surface area contributed by atoms with Gasteiger partial charge in [0, 0.05) is 0 Å². The number of ether oxygens (including phenoxy) is 1. The van der Waals surface area contributed by atoms with Gasteiger partial charge in [0.15, 0.2) is 0 Å². The number of hydrogen-bond donors (Lipinski definition) is 0. The van der Waals surface area contributed by atoms with Crippen LogP contribution in [0.1, 0.15) is 52.9 Å². The molecule has 1 aliphatic heterocycles. The maximum atomic E-state index is 5.91. The minimum Gasteiger partial charge on any atom is -0.373 e. The van der Waals surface area contributed by atoms with E-state index in [0.29, 0.717) is 12.0 Å². The van der Waals surface area contributed by atoms with Crippen LogP contribution in [-0.4, -0.2) is 12.7 Å². The normalized spacial score (nSPS) is 21.6. The smallest absolute Gasteiger partial charge is 0.0813 e. The lowest BCUT2D eigenvalue weighted by molar-refractivity contribution is 0.0355. The average Bonchev–Trinajstić information content (AvgIpc) is 2.27. The van der Waals surface area contributed by atoms with Gasteiger partial charge in [-0.1, -0.05) is 38.8 Å². The third kappa shape index (κ3) is 3.48. The van der Waals surface area contributed by atoms with Gasteiger partial charge < -0.3 is 4.74 Å². The summed E-state index contributed by atoms with van der Waals surface area (Å²) in [5, 5.41) is 0. The summed E-state index contributed by atoms with van der Waals surface area (Å²) >= 11 is 0. The van der Waals surface area contributed by atoms with Crippen molar-refractivity contribution in [2.24, 2.45) is 5.92 Å². The summed E-state index contributed by atoms with van der Waals surface area (Å²) < 4.78 is 5.91. The van der Waals surface area contributed by atoms with E-state index in [0.717, 1.165) is 19.4 Å². The van der Waals surface area contributed by atoms with Gasteiger partial charge in [0.2, 0.25) is 0 Å². The Hall–Kier alpha value is -0.560. The molecule has 0 N–H and O–H groups in total. The molecular weight excluding hydrogens is 196 g/mol. The maximum Gasteiger partial charge on any atom is 0.0813 e. The topological polar surface area (TPSA) is 9.23 Å². The fourth-order valence-electron chi connectivity index (χ4n) is 2.46. The molecular formula is C15H26O. The van der Waals surface area contributed by atoms with E-state index in [4.69, 9.17) is 4.74 Å². The van der Waals surface area contributed by atoms with E-state index in [2.05, 4.69) is 27.4 Å². The molecule has 0 radical (unpaired) electrons. The zero-order valence-electron chi connectivity index (χ0n) is 11.1. The Balaban J connectivity index is 2.83. The molecule has 1 unspecified atom stereocenters. The highest BCUT2D eigenvalue weighted by Crippen LogP contribution is 2.31. The molecule has 1 heteroatoms. The lowest BCUT2D eigenvalue weighted by Gasteiger charge is -2.31. The van der Waals surface area contributed by atoms with Crippen molar-refractivity contribution in [1.29, 1.82) is 0 Å². The molecule has 16 heavy (non-hydrogen) atoms. The van der Waals surface area contributed by atoms with Crippen molar-refractivity contribution in [3.05, 3.63) is 23.8 Å². The largest absolute Gasteiger partial charge is 0.373 e. The Labute approximate surface area is 101 Å². The Morgan fingerprint density at radius 1 is 1.50 bits per heavy atom. The van der Waals surface area contributed by atoms with Gasteiger partial charge in [-0.2, -0.15) is 0 Å². The van der Waals surface area contributed by atoms with Gasteiger partial charge in [0.25, 0.3) is 0 Å². The van der Waals surface area contributed by atoms with Crippen LogP contribution >= 0.6 is 0 Å². The van der Waals surface area contributed by atoms with Gasteiger partial charge in [-0.15, -0.1) is 6.58 Å². The van der Waals surface area contributed by atoms with Crippen LogP contribution in [-0.2, 0) is 4.74 Å². The zero-order chi connectivity index (χ0) is 12.0. The molecule has 0 amide bonds. The first-order valence-corrected chi connectivity index (χ1v) is 6.64. The summed E-state index contributed by atoms with van der Waals surface area (Å²) in [5.74, 6) is 0.576. The monoisotopic (exact) mass is 222 g/mol. The summed E-state index contributed by atoms with van der Waals surface area (Å²) in [6, 6.07) is 0. The lowest BCUT2D eigenvalue weighted by atomic mass is 9.87. The van der Waals surface area contributed by atoms with Crippen molar-refractivity contribution in [3.63, 3.8) is 0 Å². The molecule has 0 aromatic carbocycles. The van der Waals surface area contributed by atoms with Crippen molar-refractivity contribution in [1.82, 2.24) is 0 Å². The first kappa shape index (κ1) is 13.5. The molecule has 0 fully saturated rings. The highest BCUT2D eigenvalue weighted by molar-refractivity contribution is 5.23. The first-order valence-electron chi connectivity index (χ1n) is 6.64. The van der Waals surface area contributed by atoms with Crippen LogP contribution in [0.15, 0.2) is 23.8 Å². The standard InChI is InChI=1S/C15H26O/c1-5-7-9-13-10-11-16-15(12(3)4)14(13)8-6-2/h6,12,15H,2,5,7-11H2,1,3-4H3. The second-order valence-electron chi connectivity index (χ2n) is 5.01. The van der Waals surface area contributed by atoms with Gasteiger partial charge in [-0.25, -0.2) is 0 Å². The predicted octanol–water partition coefficient (Wildman–Crippen LogP) is 4.49. The van der Waals surface area contributed by atoms with Crippen LogP contribution in [0.2, 0.25) is 0 Å².